The van der Waals surface area contributed by atoms with Crippen molar-refractivity contribution in [3.8, 4) is 0 Å². The minimum absolute atomic E-state index is 0.0847. The van der Waals surface area contributed by atoms with Crippen molar-refractivity contribution in [2.24, 2.45) is 0 Å². The molecule has 0 N–H and O–H groups in total. The molecule has 2 aromatic carbocycles. The normalized spacial score (nSPS) is 16.0. The second-order valence-electron chi connectivity index (χ2n) is 6.34. The Kier molecular flexibility index (Phi) is 6.03. The third kappa shape index (κ3) is 5.24. The van der Waals surface area contributed by atoms with Crippen LogP contribution in [0.2, 0.25) is 0 Å². The van der Waals surface area contributed by atoms with Gasteiger partial charge in [-0.25, -0.2) is 12.8 Å². The Morgan fingerprint density at radius 1 is 0.963 bits per heavy atom. The molecule has 1 saturated heterocycles. The van der Waals surface area contributed by atoms with E-state index >= 15 is 0 Å². The molecule has 27 heavy (non-hydrogen) atoms. The molecule has 5 nitrogen and oxygen atoms in total. The summed E-state index contributed by atoms with van der Waals surface area (Å²) in [7, 11) is -3.52. The van der Waals surface area contributed by atoms with Gasteiger partial charge < -0.3 is 4.90 Å². The van der Waals surface area contributed by atoms with Gasteiger partial charge in [0.15, 0.2) is 0 Å². The molecule has 7 heteroatoms. The number of benzene rings is 2. The van der Waals surface area contributed by atoms with Crippen LogP contribution in [0.5, 0.6) is 0 Å². The van der Waals surface area contributed by atoms with Crippen molar-refractivity contribution in [2.45, 2.75) is 6.42 Å². The molecule has 2 aromatic rings. The summed E-state index contributed by atoms with van der Waals surface area (Å²) in [6.07, 6.45) is 1.75. The fourth-order valence-corrected chi connectivity index (χ4v) is 4.07. The van der Waals surface area contributed by atoms with E-state index in [0.717, 1.165) is 11.1 Å². The smallest absolute Gasteiger partial charge is 0.236 e. The standard InChI is InChI=1S/C20H21FN2O3S/c21-19-8-6-18(7-9-19)16-20(24)22-11-13-23(14-12-22)27(25,26)15-10-17-4-2-1-3-5-17/h1-10,15H,11-14,16H2/b15-10+. The van der Waals surface area contributed by atoms with Crippen molar-refractivity contribution < 1.29 is 17.6 Å². The number of halogens is 1. The van der Waals surface area contributed by atoms with Crippen molar-refractivity contribution in [3.05, 3.63) is 76.9 Å². The first-order valence-electron chi connectivity index (χ1n) is 8.69. The van der Waals surface area contributed by atoms with Crippen molar-refractivity contribution in [2.75, 3.05) is 26.2 Å². The van der Waals surface area contributed by atoms with Crippen LogP contribution in [0.4, 0.5) is 4.39 Å². The third-order valence-corrected chi connectivity index (χ3v) is 6.02. The van der Waals surface area contributed by atoms with Gasteiger partial charge in [0.2, 0.25) is 15.9 Å². The molecule has 0 unspecified atom stereocenters. The quantitative estimate of drug-likeness (QED) is 0.791. The predicted octanol–water partition coefficient (Wildman–Crippen LogP) is 2.51. The number of piperazine rings is 1. The van der Waals surface area contributed by atoms with E-state index in [4.69, 9.17) is 0 Å². The lowest BCUT2D eigenvalue weighted by Gasteiger charge is -2.33. The molecule has 142 valence electrons. The van der Waals surface area contributed by atoms with Crippen LogP contribution in [-0.4, -0.2) is 49.7 Å². The number of amides is 1. The molecule has 1 fully saturated rings. The summed E-state index contributed by atoms with van der Waals surface area (Å²) in [6.45, 7) is 1.21. The average molecular weight is 388 g/mol. The monoisotopic (exact) mass is 388 g/mol. The molecule has 1 aliphatic rings. The first-order chi connectivity index (χ1) is 12.9. The van der Waals surface area contributed by atoms with Crippen LogP contribution < -0.4 is 0 Å². The summed E-state index contributed by atoms with van der Waals surface area (Å²) in [5.41, 5.74) is 1.55. The van der Waals surface area contributed by atoms with Crippen LogP contribution in [0.1, 0.15) is 11.1 Å². The van der Waals surface area contributed by atoms with Gasteiger partial charge in [-0.2, -0.15) is 4.31 Å². The van der Waals surface area contributed by atoms with Crippen LogP contribution >= 0.6 is 0 Å². The third-order valence-electron chi connectivity index (χ3n) is 4.45. The summed E-state index contributed by atoms with van der Waals surface area (Å²) < 4.78 is 39.2. The largest absolute Gasteiger partial charge is 0.340 e. The first-order valence-corrected chi connectivity index (χ1v) is 10.2. The van der Waals surface area contributed by atoms with Crippen molar-refractivity contribution in [1.29, 1.82) is 0 Å². The molecule has 1 heterocycles. The predicted molar refractivity (Wildman–Crippen MR) is 103 cm³/mol. The summed E-state index contributed by atoms with van der Waals surface area (Å²) >= 11 is 0. The lowest BCUT2D eigenvalue weighted by molar-refractivity contribution is -0.131. The summed E-state index contributed by atoms with van der Waals surface area (Å²) in [6, 6.07) is 15.0. The van der Waals surface area contributed by atoms with Crippen molar-refractivity contribution in [3.63, 3.8) is 0 Å². The number of rotatable bonds is 5. The summed E-state index contributed by atoms with van der Waals surface area (Å²) in [5, 5.41) is 1.21. The van der Waals surface area contributed by atoms with E-state index < -0.39 is 10.0 Å². The lowest BCUT2D eigenvalue weighted by atomic mass is 10.1. The number of carbonyl (C=O) groups is 1. The van der Waals surface area contributed by atoms with Gasteiger partial charge in [0.25, 0.3) is 0 Å². The highest BCUT2D eigenvalue weighted by molar-refractivity contribution is 7.92. The average Bonchev–Trinajstić information content (AvgIpc) is 2.69. The SMILES string of the molecule is O=C(Cc1ccc(F)cc1)N1CCN(S(=O)(=O)/C=C/c2ccccc2)CC1. The molecular weight excluding hydrogens is 367 g/mol. The van der Waals surface area contributed by atoms with E-state index in [-0.39, 0.29) is 31.2 Å². The Balaban J connectivity index is 1.55. The van der Waals surface area contributed by atoms with Crippen LogP contribution in [0, 0.1) is 5.82 Å². The highest BCUT2D eigenvalue weighted by Gasteiger charge is 2.27. The Morgan fingerprint density at radius 3 is 2.22 bits per heavy atom. The second kappa shape index (κ2) is 8.45. The molecule has 0 saturated carbocycles. The fraction of sp³-hybridized carbons (Fsp3) is 0.250. The van der Waals surface area contributed by atoms with E-state index in [2.05, 4.69) is 0 Å². The van der Waals surface area contributed by atoms with E-state index in [9.17, 15) is 17.6 Å². The van der Waals surface area contributed by atoms with E-state index in [0.29, 0.717) is 13.1 Å². The van der Waals surface area contributed by atoms with Gasteiger partial charge in [-0.05, 0) is 29.3 Å². The number of hydrogen-bond donors (Lipinski definition) is 0. The Labute approximate surface area is 158 Å². The maximum atomic E-state index is 12.9. The molecular formula is C20H21FN2O3S. The lowest BCUT2D eigenvalue weighted by Crippen LogP contribution is -2.50. The van der Waals surface area contributed by atoms with Gasteiger partial charge in [0, 0.05) is 31.6 Å². The zero-order chi connectivity index (χ0) is 19.3. The zero-order valence-electron chi connectivity index (χ0n) is 14.8. The number of sulfonamides is 1. The fourth-order valence-electron chi connectivity index (χ4n) is 2.90. The minimum Gasteiger partial charge on any atom is -0.340 e. The number of carbonyl (C=O) groups excluding carboxylic acids is 1. The van der Waals surface area contributed by atoms with Crippen molar-refractivity contribution in [1.82, 2.24) is 9.21 Å². The molecule has 0 atom stereocenters. The molecule has 0 radical (unpaired) electrons. The topological polar surface area (TPSA) is 57.7 Å². The molecule has 1 aliphatic heterocycles. The van der Waals surface area contributed by atoms with Gasteiger partial charge >= 0.3 is 0 Å². The summed E-state index contributed by atoms with van der Waals surface area (Å²) in [4.78, 5) is 14.0. The highest BCUT2D eigenvalue weighted by Crippen LogP contribution is 2.13. The Hall–Kier alpha value is -2.51. The van der Waals surface area contributed by atoms with Gasteiger partial charge in [-0.15, -0.1) is 0 Å². The van der Waals surface area contributed by atoms with Gasteiger partial charge in [0.05, 0.1) is 6.42 Å². The molecule has 0 aromatic heterocycles. The Bertz CT molecular complexity index is 904. The molecule has 0 bridgehead atoms. The molecule has 1 amide bonds. The van der Waals surface area contributed by atoms with Crippen LogP contribution in [-0.2, 0) is 21.2 Å². The number of nitrogens with zero attached hydrogens (tertiary/aromatic N) is 2. The first kappa shape index (κ1) is 19.3. The van der Waals surface area contributed by atoms with Crippen LogP contribution in [0.3, 0.4) is 0 Å². The maximum Gasteiger partial charge on any atom is 0.236 e. The molecule has 3 rings (SSSR count). The zero-order valence-corrected chi connectivity index (χ0v) is 15.6. The van der Waals surface area contributed by atoms with Gasteiger partial charge in [-0.3, -0.25) is 4.79 Å². The van der Waals surface area contributed by atoms with E-state index in [1.165, 1.54) is 21.8 Å². The molecule has 0 aliphatic carbocycles. The minimum atomic E-state index is -3.52. The molecule has 0 spiro atoms. The summed E-state index contributed by atoms with van der Waals surface area (Å²) in [5.74, 6) is -0.424. The highest BCUT2D eigenvalue weighted by atomic mass is 32.2. The van der Waals surface area contributed by atoms with Crippen LogP contribution in [0.15, 0.2) is 60.0 Å². The maximum absolute atomic E-state index is 12.9. The van der Waals surface area contributed by atoms with E-state index in [1.807, 2.05) is 30.3 Å². The second-order valence-corrected chi connectivity index (χ2v) is 8.16. The van der Waals surface area contributed by atoms with Crippen LogP contribution in [0.25, 0.3) is 6.08 Å². The van der Waals surface area contributed by atoms with Gasteiger partial charge in [-0.1, -0.05) is 42.5 Å². The van der Waals surface area contributed by atoms with Crippen molar-refractivity contribution >= 4 is 22.0 Å². The van der Waals surface area contributed by atoms with E-state index in [1.54, 1.807) is 23.1 Å². The number of hydrogen-bond acceptors (Lipinski definition) is 3. The Morgan fingerprint density at radius 2 is 1.59 bits per heavy atom. The van der Waals surface area contributed by atoms with Gasteiger partial charge in [0.1, 0.15) is 5.82 Å².